The second-order valence-corrected chi connectivity index (χ2v) is 13.6. The van der Waals surface area contributed by atoms with Gasteiger partial charge in [-0.2, -0.15) is 35.1 Å². The van der Waals surface area contributed by atoms with E-state index in [1.807, 2.05) is 0 Å². The Labute approximate surface area is 298 Å². The number of benzene rings is 2. The second-order valence-electron chi connectivity index (χ2n) is 13.6. The number of hydrogen-bond donors (Lipinski definition) is 0. The quantitative estimate of drug-likeness (QED) is 0.116. The highest BCUT2D eigenvalue weighted by molar-refractivity contribution is 5.39. The van der Waals surface area contributed by atoms with Crippen LogP contribution in [0.1, 0.15) is 121 Å². The van der Waals surface area contributed by atoms with Crippen LogP contribution in [0, 0.1) is 47.4 Å². The fourth-order valence-electron chi connectivity index (χ4n) is 6.35. The van der Waals surface area contributed by atoms with Gasteiger partial charge in [0.2, 0.25) is 0 Å². The summed E-state index contributed by atoms with van der Waals surface area (Å²) < 4.78 is 108. The highest BCUT2D eigenvalue weighted by Crippen LogP contribution is 2.33. The van der Waals surface area contributed by atoms with E-state index in [0.29, 0.717) is 23.0 Å². The fraction of sp³-hybridized carbons (Fsp3) is 0.610. The van der Waals surface area contributed by atoms with Crippen molar-refractivity contribution < 1.29 is 44.6 Å². The maximum atomic E-state index is 12.9. The third-order valence-electron chi connectivity index (χ3n) is 9.44. The Morgan fingerprint density at radius 3 is 1.24 bits per heavy atom. The van der Waals surface area contributed by atoms with E-state index in [2.05, 4.69) is 47.0 Å². The molecule has 0 radical (unpaired) electrons. The normalized spacial score (nSPS) is 20.7. The first kappa shape index (κ1) is 42.0. The van der Waals surface area contributed by atoms with Gasteiger partial charge in [-0.3, -0.25) is 0 Å². The number of ether oxygens (including phenoxy) is 2. The molecule has 4 rings (SSSR count). The molecule has 282 valence electrons. The summed E-state index contributed by atoms with van der Waals surface area (Å²) in [5.74, 6) is 14.4. The van der Waals surface area contributed by atoms with Gasteiger partial charge in [0.25, 0.3) is 0 Å². The summed E-state index contributed by atoms with van der Waals surface area (Å²) in [4.78, 5) is 0. The average Bonchev–Trinajstić information content (AvgIpc) is 3.11. The van der Waals surface area contributed by atoms with Crippen molar-refractivity contribution in [2.24, 2.45) is 23.7 Å². The van der Waals surface area contributed by atoms with Crippen molar-refractivity contribution in [2.45, 2.75) is 135 Å². The van der Waals surface area contributed by atoms with Gasteiger partial charge in [0.15, 0.2) is 0 Å². The van der Waals surface area contributed by atoms with Crippen molar-refractivity contribution in [1.29, 1.82) is 0 Å². The third-order valence-corrected chi connectivity index (χ3v) is 9.44. The Morgan fingerprint density at radius 1 is 0.549 bits per heavy atom. The van der Waals surface area contributed by atoms with Crippen LogP contribution in [0.25, 0.3) is 0 Å². The van der Waals surface area contributed by atoms with Crippen molar-refractivity contribution in [3.8, 4) is 35.2 Å². The van der Waals surface area contributed by atoms with Crippen molar-refractivity contribution >= 4 is 0 Å². The first-order chi connectivity index (χ1) is 24.3. The first-order valence-corrected chi connectivity index (χ1v) is 18.2. The van der Waals surface area contributed by atoms with E-state index < -0.39 is 25.1 Å². The van der Waals surface area contributed by atoms with Crippen LogP contribution in [0.2, 0.25) is 0 Å². The molecule has 10 heteroatoms. The molecule has 0 spiro atoms. The molecule has 0 unspecified atom stereocenters. The summed E-state index contributed by atoms with van der Waals surface area (Å²) in [5, 5.41) is 0. The van der Waals surface area contributed by atoms with Gasteiger partial charge in [-0.1, -0.05) is 82.5 Å². The Bertz CT molecular complexity index is 1390. The van der Waals surface area contributed by atoms with Gasteiger partial charge < -0.3 is 9.47 Å². The van der Waals surface area contributed by atoms with Crippen LogP contribution in [0.4, 0.5) is 35.1 Å². The molecule has 0 amide bonds. The molecular weight excluding hydrogens is 676 g/mol. The zero-order valence-corrected chi connectivity index (χ0v) is 29.5. The Kier molecular flexibility index (Phi) is 17.5. The molecule has 0 heterocycles. The van der Waals surface area contributed by atoms with Crippen LogP contribution in [0.3, 0.4) is 0 Å². The lowest BCUT2D eigenvalue weighted by atomic mass is 9.80. The lowest BCUT2D eigenvalue weighted by Crippen LogP contribution is -2.33. The number of alkyl halides is 8. The SMILES string of the molecule is CCCCC[C@H]1CC[C@H](C#Cc2ccc(OC(F)(F)C(F)F)cc2)CC1.CCCC[C@H]1CC[C@H](C#Cc2ccc(OC(F)(F)C(F)F)cc2)CC1. The van der Waals surface area contributed by atoms with Crippen LogP contribution in [0.5, 0.6) is 11.5 Å². The van der Waals surface area contributed by atoms with Crippen LogP contribution in [-0.2, 0) is 0 Å². The predicted molar refractivity (Wildman–Crippen MR) is 184 cm³/mol. The number of halogens is 8. The zero-order chi connectivity index (χ0) is 37.3. The van der Waals surface area contributed by atoms with E-state index in [-0.39, 0.29) is 11.5 Å². The van der Waals surface area contributed by atoms with E-state index in [9.17, 15) is 35.1 Å². The van der Waals surface area contributed by atoms with Gasteiger partial charge >= 0.3 is 25.1 Å². The standard InChI is InChI=1S/C21H26F4O.C20H24F4O/c1-2-3-4-5-16-6-8-17(9-7-16)10-11-18-12-14-19(15-13-18)26-21(24,25)20(22)23;1-2-3-4-15-5-7-16(8-6-15)9-10-17-11-13-18(14-12-17)25-20(23,24)19(21)22/h12-17,20H,2-9H2,1H3;11-16,19H,2-8H2,1H3/t16-,17-;15-,16-. The van der Waals surface area contributed by atoms with Crippen LogP contribution in [-0.4, -0.2) is 25.1 Å². The molecule has 0 aromatic heterocycles. The molecule has 0 bridgehead atoms. The second kappa shape index (κ2) is 21.2. The highest BCUT2D eigenvalue weighted by atomic mass is 19.3. The van der Waals surface area contributed by atoms with Crippen LogP contribution in [0.15, 0.2) is 48.5 Å². The predicted octanol–water partition coefficient (Wildman–Crippen LogP) is 12.9. The van der Waals surface area contributed by atoms with Crippen molar-refractivity contribution in [2.75, 3.05) is 0 Å². The van der Waals surface area contributed by atoms with E-state index in [1.54, 1.807) is 0 Å². The molecule has 2 aliphatic rings. The minimum Gasteiger partial charge on any atom is -0.428 e. The Balaban J connectivity index is 0.000000276. The minimum atomic E-state index is -4.48. The average molecular weight is 727 g/mol. The lowest BCUT2D eigenvalue weighted by Gasteiger charge is -2.25. The van der Waals surface area contributed by atoms with Gasteiger partial charge in [-0.15, -0.1) is 0 Å². The maximum absolute atomic E-state index is 12.9. The topological polar surface area (TPSA) is 18.5 Å². The largest absolute Gasteiger partial charge is 0.461 e. The Morgan fingerprint density at radius 2 is 0.902 bits per heavy atom. The summed E-state index contributed by atoms with van der Waals surface area (Å²) in [5.41, 5.74) is 1.34. The van der Waals surface area contributed by atoms with E-state index in [0.717, 1.165) is 37.5 Å². The van der Waals surface area contributed by atoms with Crippen molar-refractivity contribution in [3.05, 3.63) is 59.7 Å². The molecule has 2 fully saturated rings. The summed E-state index contributed by atoms with van der Waals surface area (Å²) in [6, 6.07) is 11.0. The molecule has 2 nitrogen and oxygen atoms in total. The lowest BCUT2D eigenvalue weighted by molar-refractivity contribution is -0.253. The first-order valence-electron chi connectivity index (χ1n) is 18.2. The molecule has 0 atom stereocenters. The fourth-order valence-corrected chi connectivity index (χ4v) is 6.35. The smallest absolute Gasteiger partial charge is 0.428 e. The van der Waals surface area contributed by atoms with E-state index in [1.165, 1.54) is 119 Å². The van der Waals surface area contributed by atoms with Gasteiger partial charge in [0.1, 0.15) is 11.5 Å². The summed E-state index contributed by atoms with van der Waals surface area (Å²) in [6.07, 6.45) is 1.63. The van der Waals surface area contributed by atoms with Crippen molar-refractivity contribution in [1.82, 2.24) is 0 Å². The minimum absolute atomic E-state index is 0.298. The Hall–Kier alpha value is -3.40. The number of rotatable bonds is 13. The van der Waals surface area contributed by atoms with E-state index in [4.69, 9.17) is 0 Å². The molecule has 2 aromatic rings. The molecule has 0 aliphatic heterocycles. The van der Waals surface area contributed by atoms with Crippen LogP contribution >= 0.6 is 0 Å². The van der Waals surface area contributed by atoms with Gasteiger partial charge in [-0.25, -0.2) is 0 Å². The van der Waals surface area contributed by atoms with Crippen molar-refractivity contribution in [3.63, 3.8) is 0 Å². The molecule has 0 saturated heterocycles. The van der Waals surface area contributed by atoms with Gasteiger partial charge in [0, 0.05) is 23.0 Å². The number of hydrogen-bond acceptors (Lipinski definition) is 2. The molecule has 51 heavy (non-hydrogen) atoms. The molecule has 0 N–H and O–H groups in total. The summed E-state index contributed by atoms with van der Waals surface area (Å²) >= 11 is 0. The van der Waals surface area contributed by atoms with Gasteiger partial charge in [-0.05, 0) is 112 Å². The monoisotopic (exact) mass is 726 g/mol. The maximum Gasteiger partial charge on any atom is 0.461 e. The molecule has 2 saturated carbocycles. The van der Waals surface area contributed by atoms with Crippen LogP contribution < -0.4 is 9.47 Å². The molecular formula is C41H50F8O2. The molecule has 2 aromatic carbocycles. The summed E-state index contributed by atoms with van der Waals surface area (Å²) in [7, 11) is 0. The van der Waals surface area contributed by atoms with Gasteiger partial charge in [0.05, 0.1) is 0 Å². The van der Waals surface area contributed by atoms with E-state index >= 15 is 0 Å². The molecule has 2 aliphatic carbocycles. The zero-order valence-electron chi connectivity index (χ0n) is 29.5. The third kappa shape index (κ3) is 15.4. The summed E-state index contributed by atoms with van der Waals surface area (Å²) in [6.45, 7) is 4.43. The highest BCUT2D eigenvalue weighted by Gasteiger charge is 2.44. The number of unbranched alkanes of at least 4 members (excludes halogenated alkanes) is 3.